The molecule has 14 heavy (non-hydrogen) atoms. The summed E-state index contributed by atoms with van der Waals surface area (Å²) in [5.74, 6) is 0.155. The summed E-state index contributed by atoms with van der Waals surface area (Å²) in [6, 6.07) is 0. The van der Waals surface area contributed by atoms with Gasteiger partial charge < -0.3 is 15.2 Å². The lowest BCUT2D eigenvalue weighted by molar-refractivity contribution is -0.189. The van der Waals surface area contributed by atoms with Gasteiger partial charge in [-0.25, -0.2) is 0 Å². The molecule has 0 aromatic carbocycles. The van der Waals surface area contributed by atoms with Crippen LogP contribution in [0.4, 0.5) is 0 Å². The lowest BCUT2D eigenvalue weighted by Crippen LogP contribution is -2.35. The minimum Gasteiger partial charge on any atom is -0.347 e. The zero-order valence-corrected chi connectivity index (χ0v) is 9.38. The van der Waals surface area contributed by atoms with Gasteiger partial charge in [0.1, 0.15) is 0 Å². The summed E-state index contributed by atoms with van der Waals surface area (Å²) in [6.45, 7) is 8.00. The van der Waals surface area contributed by atoms with E-state index in [1.54, 1.807) is 0 Å². The molecule has 2 fully saturated rings. The molecule has 3 nitrogen and oxygen atoms in total. The van der Waals surface area contributed by atoms with Crippen LogP contribution in [-0.4, -0.2) is 25.0 Å². The maximum absolute atomic E-state index is 5.96. The van der Waals surface area contributed by atoms with Gasteiger partial charge in [-0.15, -0.1) is 0 Å². The molecule has 0 aromatic rings. The van der Waals surface area contributed by atoms with Gasteiger partial charge in [0.05, 0.1) is 12.7 Å². The van der Waals surface area contributed by atoms with Gasteiger partial charge in [0, 0.05) is 18.9 Å². The summed E-state index contributed by atoms with van der Waals surface area (Å²) < 4.78 is 11.8. The normalized spacial score (nSPS) is 46.3. The molecule has 0 bridgehead atoms. The number of ether oxygens (including phenoxy) is 2. The number of rotatable bonds is 1. The Hall–Kier alpha value is -0.120. The van der Waals surface area contributed by atoms with Crippen molar-refractivity contribution in [1.82, 2.24) is 0 Å². The maximum atomic E-state index is 5.96. The Bertz CT molecular complexity index is 229. The van der Waals surface area contributed by atoms with E-state index in [1.165, 1.54) is 6.42 Å². The largest absolute Gasteiger partial charge is 0.347 e. The Kier molecular flexibility index (Phi) is 2.37. The van der Waals surface area contributed by atoms with E-state index in [0.717, 1.165) is 6.42 Å². The lowest BCUT2D eigenvalue weighted by Gasteiger charge is -2.28. The fraction of sp³-hybridized carbons (Fsp3) is 1.00. The monoisotopic (exact) mass is 199 g/mol. The van der Waals surface area contributed by atoms with Crippen LogP contribution in [0.15, 0.2) is 0 Å². The SMILES string of the molecule is CC1CC(C)(C)CC12OCC(CN)O2. The molecule has 3 unspecified atom stereocenters. The quantitative estimate of drug-likeness (QED) is 0.696. The molecule has 82 valence electrons. The minimum absolute atomic E-state index is 0.103. The third-order valence-electron chi connectivity index (χ3n) is 3.48. The van der Waals surface area contributed by atoms with Crippen molar-refractivity contribution >= 4 is 0 Å². The van der Waals surface area contributed by atoms with Crippen LogP contribution in [-0.2, 0) is 9.47 Å². The molecular formula is C11H21NO2. The smallest absolute Gasteiger partial charge is 0.171 e. The Morgan fingerprint density at radius 1 is 1.43 bits per heavy atom. The van der Waals surface area contributed by atoms with Gasteiger partial charge >= 0.3 is 0 Å². The molecule has 2 rings (SSSR count). The molecule has 1 aliphatic carbocycles. The molecule has 1 spiro atoms. The topological polar surface area (TPSA) is 44.5 Å². The van der Waals surface area contributed by atoms with E-state index in [-0.39, 0.29) is 11.9 Å². The van der Waals surface area contributed by atoms with Crippen molar-refractivity contribution in [2.75, 3.05) is 13.2 Å². The van der Waals surface area contributed by atoms with E-state index in [0.29, 0.717) is 24.5 Å². The third kappa shape index (κ3) is 1.58. The van der Waals surface area contributed by atoms with Crippen molar-refractivity contribution < 1.29 is 9.47 Å². The third-order valence-corrected chi connectivity index (χ3v) is 3.48. The molecular weight excluding hydrogens is 178 g/mol. The molecule has 1 saturated carbocycles. The van der Waals surface area contributed by atoms with Crippen molar-refractivity contribution in [3.8, 4) is 0 Å². The van der Waals surface area contributed by atoms with Crippen molar-refractivity contribution in [2.24, 2.45) is 17.1 Å². The first-order valence-corrected chi connectivity index (χ1v) is 5.49. The fourth-order valence-electron chi connectivity index (χ4n) is 2.95. The second kappa shape index (κ2) is 3.19. The highest BCUT2D eigenvalue weighted by Gasteiger charge is 2.54. The van der Waals surface area contributed by atoms with Crippen molar-refractivity contribution in [2.45, 2.75) is 45.5 Å². The van der Waals surface area contributed by atoms with Gasteiger partial charge in [0.15, 0.2) is 5.79 Å². The molecule has 0 aromatic heterocycles. The number of nitrogens with two attached hydrogens (primary N) is 1. The zero-order chi connectivity index (χ0) is 10.4. The standard InChI is InChI=1S/C11H21NO2/c1-8-4-10(2,3)7-11(8)13-6-9(5-12)14-11/h8-9H,4-7,12H2,1-3H3. The van der Waals surface area contributed by atoms with E-state index < -0.39 is 0 Å². The predicted molar refractivity (Wildman–Crippen MR) is 54.8 cm³/mol. The Labute approximate surface area is 85.9 Å². The highest BCUT2D eigenvalue weighted by Crippen LogP contribution is 2.52. The van der Waals surface area contributed by atoms with E-state index >= 15 is 0 Å². The Morgan fingerprint density at radius 2 is 2.14 bits per heavy atom. The van der Waals surface area contributed by atoms with Gasteiger partial charge in [0.25, 0.3) is 0 Å². The molecule has 1 heterocycles. The van der Waals surface area contributed by atoms with Gasteiger partial charge in [-0.05, 0) is 11.8 Å². The summed E-state index contributed by atoms with van der Waals surface area (Å²) in [5.41, 5.74) is 5.93. The summed E-state index contributed by atoms with van der Waals surface area (Å²) in [5, 5.41) is 0. The summed E-state index contributed by atoms with van der Waals surface area (Å²) >= 11 is 0. The second-order valence-electron chi connectivity index (χ2n) is 5.54. The van der Waals surface area contributed by atoms with E-state index in [9.17, 15) is 0 Å². The highest BCUT2D eigenvalue weighted by molar-refractivity contribution is 4.97. The Balaban J connectivity index is 2.11. The van der Waals surface area contributed by atoms with E-state index in [2.05, 4.69) is 20.8 Å². The van der Waals surface area contributed by atoms with E-state index in [1.807, 2.05) is 0 Å². The first-order chi connectivity index (χ1) is 6.47. The van der Waals surface area contributed by atoms with Gasteiger partial charge in [0.2, 0.25) is 0 Å². The van der Waals surface area contributed by atoms with Crippen LogP contribution in [0.25, 0.3) is 0 Å². The molecule has 0 amide bonds. The fourth-order valence-corrected chi connectivity index (χ4v) is 2.95. The number of hydrogen-bond donors (Lipinski definition) is 1. The summed E-state index contributed by atoms with van der Waals surface area (Å²) in [7, 11) is 0. The molecule has 1 aliphatic heterocycles. The molecule has 3 heteroatoms. The molecule has 2 N–H and O–H groups in total. The van der Waals surface area contributed by atoms with Crippen LogP contribution < -0.4 is 5.73 Å². The zero-order valence-electron chi connectivity index (χ0n) is 9.38. The van der Waals surface area contributed by atoms with Crippen LogP contribution >= 0.6 is 0 Å². The van der Waals surface area contributed by atoms with Crippen molar-refractivity contribution in [3.05, 3.63) is 0 Å². The van der Waals surface area contributed by atoms with Crippen molar-refractivity contribution in [1.29, 1.82) is 0 Å². The van der Waals surface area contributed by atoms with Crippen LogP contribution in [0, 0.1) is 11.3 Å². The van der Waals surface area contributed by atoms with E-state index in [4.69, 9.17) is 15.2 Å². The van der Waals surface area contributed by atoms with Gasteiger partial charge in [-0.2, -0.15) is 0 Å². The van der Waals surface area contributed by atoms with Crippen LogP contribution in [0.1, 0.15) is 33.6 Å². The Morgan fingerprint density at radius 3 is 2.57 bits per heavy atom. The molecule has 0 radical (unpaired) electrons. The van der Waals surface area contributed by atoms with Crippen LogP contribution in [0.5, 0.6) is 0 Å². The first kappa shape index (κ1) is 10.4. The highest BCUT2D eigenvalue weighted by atomic mass is 16.7. The van der Waals surface area contributed by atoms with Gasteiger partial charge in [-0.1, -0.05) is 20.8 Å². The molecule has 1 saturated heterocycles. The lowest BCUT2D eigenvalue weighted by atomic mass is 9.91. The van der Waals surface area contributed by atoms with Crippen LogP contribution in [0.2, 0.25) is 0 Å². The summed E-state index contributed by atoms with van der Waals surface area (Å²) in [4.78, 5) is 0. The predicted octanol–water partition coefficient (Wildman–Crippen LogP) is 1.51. The molecule has 2 aliphatic rings. The summed E-state index contributed by atoms with van der Waals surface area (Å²) in [6.07, 6.45) is 2.27. The average molecular weight is 199 g/mol. The van der Waals surface area contributed by atoms with Crippen molar-refractivity contribution in [3.63, 3.8) is 0 Å². The second-order valence-corrected chi connectivity index (χ2v) is 5.54. The minimum atomic E-state index is -0.326. The molecule has 3 atom stereocenters. The average Bonchev–Trinajstić information content (AvgIpc) is 2.56. The maximum Gasteiger partial charge on any atom is 0.171 e. The van der Waals surface area contributed by atoms with Gasteiger partial charge in [-0.3, -0.25) is 0 Å². The first-order valence-electron chi connectivity index (χ1n) is 5.49. The number of hydrogen-bond acceptors (Lipinski definition) is 3. The van der Waals surface area contributed by atoms with Crippen LogP contribution in [0.3, 0.4) is 0 Å².